The molecule has 1 N–H and O–H groups in total. The van der Waals surface area contributed by atoms with Crippen LogP contribution >= 0.6 is 11.8 Å². The second-order valence-corrected chi connectivity index (χ2v) is 5.63. The molecule has 0 bridgehead atoms. The standard InChI is InChI=1S/C14H15NO5S/c1-2-20-12(17)8-15-13(18)11(21-14(15)19)7-9-3-5-10(16)6-4-9/h3-6,11,16H,2,7-8H2,1H3. The Morgan fingerprint density at radius 1 is 1.33 bits per heavy atom. The second kappa shape index (κ2) is 6.62. The van der Waals surface area contributed by atoms with Crippen molar-refractivity contribution in [3.63, 3.8) is 0 Å². The van der Waals surface area contributed by atoms with Crippen molar-refractivity contribution in [1.29, 1.82) is 0 Å². The Kier molecular flexibility index (Phi) is 4.85. The smallest absolute Gasteiger partial charge is 0.326 e. The molecule has 7 heteroatoms. The van der Waals surface area contributed by atoms with Crippen molar-refractivity contribution >= 4 is 28.9 Å². The second-order valence-electron chi connectivity index (χ2n) is 4.47. The molecule has 0 spiro atoms. The molecule has 1 saturated heterocycles. The van der Waals surface area contributed by atoms with E-state index in [1.165, 1.54) is 12.1 Å². The highest BCUT2D eigenvalue weighted by atomic mass is 32.2. The molecule has 6 nitrogen and oxygen atoms in total. The molecule has 0 aromatic heterocycles. The summed E-state index contributed by atoms with van der Waals surface area (Å²) < 4.78 is 4.75. The van der Waals surface area contributed by atoms with Crippen LogP contribution in [0.5, 0.6) is 5.75 Å². The van der Waals surface area contributed by atoms with E-state index in [9.17, 15) is 19.5 Å². The Labute approximate surface area is 126 Å². The summed E-state index contributed by atoms with van der Waals surface area (Å²) in [6, 6.07) is 6.44. The van der Waals surface area contributed by atoms with Gasteiger partial charge in [0.1, 0.15) is 12.3 Å². The number of esters is 1. The molecule has 1 unspecified atom stereocenters. The zero-order valence-electron chi connectivity index (χ0n) is 11.4. The van der Waals surface area contributed by atoms with Crippen LogP contribution in [0, 0.1) is 0 Å². The van der Waals surface area contributed by atoms with Crippen LogP contribution in [-0.4, -0.2) is 45.5 Å². The van der Waals surface area contributed by atoms with E-state index in [-0.39, 0.29) is 24.8 Å². The highest BCUT2D eigenvalue weighted by Crippen LogP contribution is 2.29. The van der Waals surface area contributed by atoms with E-state index in [1.807, 2.05) is 0 Å². The van der Waals surface area contributed by atoms with Gasteiger partial charge in [0.05, 0.1) is 11.9 Å². The molecular weight excluding hydrogens is 294 g/mol. The molecule has 0 aliphatic carbocycles. The highest BCUT2D eigenvalue weighted by molar-refractivity contribution is 8.15. The van der Waals surface area contributed by atoms with Crippen LogP contribution in [-0.2, 0) is 20.7 Å². The lowest BCUT2D eigenvalue weighted by Crippen LogP contribution is -2.37. The first-order valence-electron chi connectivity index (χ1n) is 6.46. The number of benzene rings is 1. The lowest BCUT2D eigenvalue weighted by atomic mass is 10.1. The number of hydrogen-bond acceptors (Lipinski definition) is 6. The summed E-state index contributed by atoms with van der Waals surface area (Å²) in [5, 5.41) is 8.24. The monoisotopic (exact) mass is 309 g/mol. The summed E-state index contributed by atoms with van der Waals surface area (Å²) in [4.78, 5) is 36.3. The Bertz CT molecular complexity index is 557. The third kappa shape index (κ3) is 3.75. The fourth-order valence-electron chi connectivity index (χ4n) is 1.95. The van der Waals surface area contributed by atoms with E-state index in [1.54, 1.807) is 19.1 Å². The number of hydrogen-bond donors (Lipinski definition) is 1. The third-order valence-electron chi connectivity index (χ3n) is 2.95. The maximum absolute atomic E-state index is 12.2. The molecule has 21 heavy (non-hydrogen) atoms. The van der Waals surface area contributed by atoms with Crippen LogP contribution in [0.1, 0.15) is 12.5 Å². The molecule has 1 aromatic carbocycles. The zero-order chi connectivity index (χ0) is 15.4. The molecule has 1 aromatic rings. The van der Waals surface area contributed by atoms with E-state index >= 15 is 0 Å². The van der Waals surface area contributed by atoms with Crippen molar-refractivity contribution in [3.8, 4) is 5.75 Å². The van der Waals surface area contributed by atoms with E-state index < -0.39 is 16.5 Å². The van der Waals surface area contributed by atoms with E-state index in [4.69, 9.17) is 4.74 Å². The SMILES string of the molecule is CCOC(=O)CN1C(=O)SC(Cc2ccc(O)cc2)C1=O. The minimum absolute atomic E-state index is 0.143. The van der Waals surface area contributed by atoms with Gasteiger partial charge in [-0.05, 0) is 31.0 Å². The lowest BCUT2D eigenvalue weighted by molar-refractivity contribution is -0.146. The van der Waals surface area contributed by atoms with Gasteiger partial charge in [0.2, 0.25) is 5.91 Å². The quantitative estimate of drug-likeness (QED) is 0.831. The largest absolute Gasteiger partial charge is 0.508 e. The summed E-state index contributed by atoms with van der Waals surface area (Å²) in [5.74, 6) is -0.833. The average molecular weight is 309 g/mol. The number of nitrogens with zero attached hydrogens (tertiary/aromatic N) is 1. The number of imide groups is 1. The maximum atomic E-state index is 12.2. The molecule has 0 radical (unpaired) electrons. The van der Waals surface area contributed by atoms with E-state index in [0.29, 0.717) is 6.42 Å². The van der Waals surface area contributed by atoms with Crippen LogP contribution in [0.4, 0.5) is 4.79 Å². The fourth-order valence-corrected chi connectivity index (χ4v) is 2.98. The molecule has 2 amide bonds. The molecule has 0 saturated carbocycles. The Hall–Kier alpha value is -2.02. The summed E-state index contributed by atoms with van der Waals surface area (Å²) >= 11 is 0.908. The molecule has 1 heterocycles. The average Bonchev–Trinajstić information content (AvgIpc) is 2.69. The van der Waals surface area contributed by atoms with Crippen molar-refractivity contribution in [3.05, 3.63) is 29.8 Å². The number of phenolic OH excluding ortho intramolecular Hbond substituents is 1. The number of amides is 2. The minimum Gasteiger partial charge on any atom is -0.508 e. The van der Waals surface area contributed by atoms with Gasteiger partial charge >= 0.3 is 5.97 Å². The topological polar surface area (TPSA) is 83.9 Å². The molecule has 112 valence electrons. The summed E-state index contributed by atoms with van der Waals surface area (Å²) in [6.45, 7) is 1.53. The number of aromatic hydroxyl groups is 1. The maximum Gasteiger partial charge on any atom is 0.326 e. The molecular formula is C14H15NO5S. The third-order valence-corrected chi connectivity index (χ3v) is 4.03. The van der Waals surface area contributed by atoms with Gasteiger partial charge in [-0.1, -0.05) is 23.9 Å². The van der Waals surface area contributed by atoms with E-state index in [2.05, 4.69) is 0 Å². The van der Waals surface area contributed by atoms with Gasteiger partial charge in [-0.15, -0.1) is 0 Å². The molecule has 1 aliphatic heterocycles. The fraction of sp³-hybridized carbons (Fsp3) is 0.357. The number of rotatable bonds is 5. The predicted octanol–water partition coefficient (Wildman–Crippen LogP) is 1.56. The number of carbonyl (C=O) groups excluding carboxylic acids is 3. The Morgan fingerprint density at radius 2 is 2.00 bits per heavy atom. The molecule has 2 rings (SSSR count). The first-order chi connectivity index (χ1) is 10.0. The predicted molar refractivity (Wildman–Crippen MR) is 76.9 cm³/mol. The van der Waals surface area contributed by atoms with Gasteiger partial charge in [-0.3, -0.25) is 19.3 Å². The first kappa shape index (κ1) is 15.4. The summed E-state index contributed by atoms with van der Waals surface area (Å²) in [7, 11) is 0. The normalized spacial score (nSPS) is 18.1. The van der Waals surface area contributed by atoms with Crippen molar-refractivity contribution in [2.24, 2.45) is 0 Å². The highest BCUT2D eigenvalue weighted by Gasteiger charge is 2.40. The summed E-state index contributed by atoms with van der Waals surface area (Å²) in [6.07, 6.45) is 0.370. The van der Waals surface area contributed by atoms with Gasteiger partial charge < -0.3 is 9.84 Å². The lowest BCUT2D eigenvalue weighted by Gasteiger charge is -2.12. The van der Waals surface area contributed by atoms with Gasteiger partial charge in [0, 0.05) is 0 Å². The van der Waals surface area contributed by atoms with Gasteiger partial charge in [-0.2, -0.15) is 0 Å². The van der Waals surface area contributed by atoms with Gasteiger partial charge in [0.25, 0.3) is 5.24 Å². The van der Waals surface area contributed by atoms with Crippen molar-refractivity contribution < 1.29 is 24.2 Å². The van der Waals surface area contributed by atoms with Crippen molar-refractivity contribution in [1.82, 2.24) is 4.90 Å². The van der Waals surface area contributed by atoms with Crippen molar-refractivity contribution in [2.45, 2.75) is 18.6 Å². The number of thioether (sulfide) groups is 1. The van der Waals surface area contributed by atoms with Crippen LogP contribution < -0.4 is 0 Å². The minimum atomic E-state index is -0.593. The summed E-state index contributed by atoms with van der Waals surface area (Å²) in [5.41, 5.74) is 0.837. The Morgan fingerprint density at radius 3 is 2.62 bits per heavy atom. The molecule has 1 aliphatic rings. The van der Waals surface area contributed by atoms with Crippen molar-refractivity contribution in [2.75, 3.05) is 13.2 Å². The number of ether oxygens (including phenoxy) is 1. The van der Waals surface area contributed by atoms with Crippen LogP contribution in [0.3, 0.4) is 0 Å². The van der Waals surface area contributed by atoms with Crippen LogP contribution in [0.25, 0.3) is 0 Å². The van der Waals surface area contributed by atoms with E-state index in [0.717, 1.165) is 22.2 Å². The molecule has 1 atom stereocenters. The first-order valence-corrected chi connectivity index (χ1v) is 7.34. The van der Waals surface area contributed by atoms with Gasteiger partial charge in [0.15, 0.2) is 0 Å². The zero-order valence-corrected chi connectivity index (χ0v) is 12.3. The van der Waals surface area contributed by atoms with Crippen LogP contribution in [0.2, 0.25) is 0 Å². The van der Waals surface area contributed by atoms with Crippen LogP contribution in [0.15, 0.2) is 24.3 Å². The number of carbonyl (C=O) groups is 3. The Balaban J connectivity index is 2.00. The number of phenols is 1. The van der Waals surface area contributed by atoms with Gasteiger partial charge in [-0.25, -0.2) is 0 Å². The molecule has 1 fully saturated rings.